The molecular weight excluding hydrogens is 490 g/mol. The van der Waals surface area contributed by atoms with Crippen molar-refractivity contribution in [2.45, 2.75) is 40.0 Å². The molecule has 0 saturated heterocycles. The third-order valence-electron chi connectivity index (χ3n) is 6.60. The molecule has 2 aromatic carbocycles. The molecule has 1 heterocycles. The Hall–Kier alpha value is -4.20. The normalized spacial score (nSPS) is 12.7. The number of rotatable bonds is 11. The highest BCUT2D eigenvalue weighted by molar-refractivity contribution is 6.06. The van der Waals surface area contributed by atoms with Gasteiger partial charge in [-0.25, -0.2) is 4.99 Å². The molecule has 206 valence electrons. The summed E-state index contributed by atoms with van der Waals surface area (Å²) in [5, 5.41) is 2.60. The summed E-state index contributed by atoms with van der Waals surface area (Å²) >= 11 is 0. The lowest BCUT2D eigenvalue weighted by Gasteiger charge is -2.22. The molecule has 2 amide bonds. The average Bonchev–Trinajstić information content (AvgIpc) is 3.09. The molecule has 0 radical (unpaired) electrons. The second kappa shape index (κ2) is 13.6. The summed E-state index contributed by atoms with van der Waals surface area (Å²) in [5.74, 6) is 0.307. The number of carbonyl (C=O) groups excluding carboxylic acids is 3. The van der Waals surface area contributed by atoms with Crippen molar-refractivity contribution in [1.82, 2.24) is 15.1 Å². The van der Waals surface area contributed by atoms with Crippen molar-refractivity contribution < 1.29 is 14.4 Å². The number of nitrogens with one attached hydrogen (secondary N) is 1. The Bertz CT molecular complexity index is 1320. The summed E-state index contributed by atoms with van der Waals surface area (Å²) < 4.78 is 0. The number of carbonyl (C=O) groups is 3. The number of aldehydes is 1. The lowest BCUT2D eigenvalue weighted by Crippen LogP contribution is -2.34. The third-order valence-corrected chi connectivity index (χ3v) is 6.60. The first-order valence-electron chi connectivity index (χ1n) is 13.4. The number of nitrogens with two attached hydrogens (primary N) is 1. The lowest BCUT2D eigenvalue weighted by molar-refractivity contribution is -0.127. The van der Waals surface area contributed by atoms with Gasteiger partial charge in [-0.1, -0.05) is 32.0 Å². The molecule has 0 unspecified atom stereocenters. The predicted octanol–water partition coefficient (Wildman–Crippen LogP) is 4.55. The largest absolute Gasteiger partial charge is 0.387 e. The lowest BCUT2D eigenvalue weighted by atomic mass is 9.94. The number of benzene rings is 2. The fourth-order valence-electron chi connectivity index (χ4n) is 4.61. The number of nitrogens with zero attached hydrogens (tertiary/aromatic N) is 3. The van der Waals surface area contributed by atoms with Gasteiger partial charge in [0.2, 0.25) is 11.8 Å². The number of aliphatic imine (C=N–C) groups is 1. The molecule has 0 aromatic heterocycles. The van der Waals surface area contributed by atoms with Crippen LogP contribution in [0.5, 0.6) is 0 Å². The van der Waals surface area contributed by atoms with Crippen LogP contribution in [0, 0.1) is 6.92 Å². The Morgan fingerprint density at radius 1 is 1.08 bits per heavy atom. The minimum absolute atomic E-state index is 0.00967. The molecule has 3 N–H and O–H groups in total. The van der Waals surface area contributed by atoms with E-state index in [0.29, 0.717) is 42.2 Å². The molecule has 0 atom stereocenters. The number of hydrogen-bond acceptors (Lipinski definition) is 6. The predicted molar refractivity (Wildman–Crippen MR) is 159 cm³/mol. The summed E-state index contributed by atoms with van der Waals surface area (Å²) in [7, 11) is 3.39. The third kappa shape index (κ3) is 7.44. The summed E-state index contributed by atoms with van der Waals surface area (Å²) in [4.78, 5) is 45.0. The fraction of sp³-hybridized carbons (Fsp3) is 0.355. The first-order chi connectivity index (χ1) is 18.7. The Morgan fingerprint density at radius 3 is 2.44 bits per heavy atom. The van der Waals surface area contributed by atoms with Gasteiger partial charge in [0.1, 0.15) is 5.84 Å². The van der Waals surface area contributed by atoms with Gasteiger partial charge in [-0.2, -0.15) is 0 Å². The van der Waals surface area contributed by atoms with Crippen LogP contribution in [-0.2, 0) is 9.59 Å². The zero-order valence-electron chi connectivity index (χ0n) is 23.6. The van der Waals surface area contributed by atoms with E-state index in [9.17, 15) is 14.4 Å². The highest BCUT2D eigenvalue weighted by Gasteiger charge is 2.22. The van der Waals surface area contributed by atoms with Gasteiger partial charge in [0.15, 0.2) is 6.29 Å². The summed E-state index contributed by atoms with van der Waals surface area (Å²) in [5.41, 5.74) is 12.6. The topological polar surface area (TPSA) is 108 Å². The average molecular weight is 530 g/mol. The van der Waals surface area contributed by atoms with Crippen molar-refractivity contribution in [2.24, 2.45) is 10.7 Å². The van der Waals surface area contributed by atoms with Crippen LogP contribution in [0.4, 0.5) is 5.69 Å². The van der Waals surface area contributed by atoms with Crippen LogP contribution >= 0.6 is 0 Å². The standard InChI is InChI=1S/C31H39N5O3/c1-6-11-36(12-7-2)31(39)26-16-27-21(3)14-25(17-28(27)34-29(32)18-26)22-8-9-24(20-37)23(15-22)10-13-35(5)19-30(38)33-4/h8-10,13-17,20H,6-7,11-12,18-19H2,1-5H3,(H2,32,34)(H,33,38)/b13-10-. The van der Waals surface area contributed by atoms with Crippen molar-refractivity contribution in [1.29, 1.82) is 0 Å². The Labute approximate surface area is 231 Å². The van der Waals surface area contributed by atoms with E-state index in [0.717, 1.165) is 46.9 Å². The van der Waals surface area contributed by atoms with E-state index in [2.05, 4.69) is 30.2 Å². The second-order valence-corrected chi connectivity index (χ2v) is 9.83. The van der Waals surface area contributed by atoms with Gasteiger partial charge < -0.3 is 20.9 Å². The minimum Gasteiger partial charge on any atom is -0.387 e. The Morgan fingerprint density at radius 2 is 1.79 bits per heavy atom. The van der Waals surface area contributed by atoms with Crippen molar-refractivity contribution in [3.63, 3.8) is 0 Å². The monoisotopic (exact) mass is 529 g/mol. The molecule has 8 heteroatoms. The maximum absolute atomic E-state index is 13.4. The molecule has 0 saturated carbocycles. The van der Waals surface area contributed by atoms with Crippen LogP contribution in [0.15, 0.2) is 47.1 Å². The second-order valence-electron chi connectivity index (χ2n) is 9.83. The van der Waals surface area contributed by atoms with Crippen LogP contribution in [0.1, 0.15) is 60.2 Å². The van der Waals surface area contributed by atoms with Crippen LogP contribution in [0.3, 0.4) is 0 Å². The van der Waals surface area contributed by atoms with Crippen LogP contribution < -0.4 is 11.1 Å². The highest BCUT2D eigenvalue weighted by atomic mass is 16.2. The summed E-state index contributed by atoms with van der Waals surface area (Å²) in [6, 6.07) is 9.66. The van der Waals surface area contributed by atoms with Gasteiger partial charge >= 0.3 is 0 Å². The molecule has 0 bridgehead atoms. The quantitative estimate of drug-likeness (QED) is 0.415. The van der Waals surface area contributed by atoms with E-state index in [-0.39, 0.29) is 18.4 Å². The highest BCUT2D eigenvalue weighted by Crippen LogP contribution is 2.35. The van der Waals surface area contributed by atoms with Crippen LogP contribution in [-0.4, -0.2) is 67.5 Å². The summed E-state index contributed by atoms with van der Waals surface area (Å²) in [6.07, 6.45) is 8.44. The van der Waals surface area contributed by atoms with E-state index >= 15 is 0 Å². The van der Waals surface area contributed by atoms with E-state index in [4.69, 9.17) is 5.73 Å². The minimum atomic E-state index is -0.103. The first-order valence-corrected chi connectivity index (χ1v) is 13.4. The molecule has 1 aliphatic rings. The van der Waals surface area contributed by atoms with Crippen LogP contribution in [0.2, 0.25) is 0 Å². The first kappa shape index (κ1) is 29.4. The van der Waals surface area contributed by atoms with Crippen molar-refractivity contribution in [3.8, 4) is 11.1 Å². The van der Waals surface area contributed by atoms with Gasteiger partial charge in [-0.15, -0.1) is 0 Å². The molecule has 2 aromatic rings. The van der Waals surface area contributed by atoms with Gasteiger partial charge in [0.05, 0.1) is 12.2 Å². The number of amidine groups is 1. The van der Waals surface area contributed by atoms with Crippen molar-refractivity contribution in [2.75, 3.05) is 33.7 Å². The Balaban J connectivity index is 2.00. The van der Waals surface area contributed by atoms with Crippen molar-refractivity contribution >= 4 is 41.8 Å². The molecule has 8 nitrogen and oxygen atoms in total. The smallest absolute Gasteiger partial charge is 0.250 e. The molecule has 0 fully saturated rings. The molecule has 1 aliphatic heterocycles. The maximum Gasteiger partial charge on any atom is 0.250 e. The molecule has 0 spiro atoms. The molecular formula is C31H39N5O3. The molecule has 39 heavy (non-hydrogen) atoms. The SMILES string of the molecule is CCCN(CCC)C(=O)C1=Cc2c(C)cc(-c3ccc(C=O)c(/C=C\N(C)CC(=O)NC)c3)cc2N=C(N)C1. The van der Waals surface area contributed by atoms with Gasteiger partial charge in [0, 0.05) is 50.3 Å². The van der Waals surface area contributed by atoms with E-state index < -0.39 is 0 Å². The molecule has 3 rings (SSSR count). The van der Waals surface area contributed by atoms with Gasteiger partial charge in [0.25, 0.3) is 0 Å². The van der Waals surface area contributed by atoms with Crippen molar-refractivity contribution in [3.05, 3.63) is 64.4 Å². The maximum atomic E-state index is 13.4. The van der Waals surface area contributed by atoms with E-state index in [1.54, 1.807) is 31.3 Å². The fourth-order valence-corrected chi connectivity index (χ4v) is 4.61. The number of amides is 2. The number of likely N-dealkylation sites (N-methyl/N-ethyl adjacent to an activating group) is 2. The van der Waals surface area contributed by atoms with Gasteiger partial charge in [-0.05, 0) is 72.5 Å². The zero-order chi connectivity index (χ0) is 28.5. The Kier molecular flexibility index (Phi) is 10.2. The number of fused-ring (bicyclic) bond motifs is 1. The van der Waals surface area contributed by atoms with Gasteiger partial charge in [-0.3, -0.25) is 14.4 Å². The van der Waals surface area contributed by atoms with Crippen LogP contribution in [0.25, 0.3) is 23.3 Å². The number of hydrogen-bond donors (Lipinski definition) is 2. The number of aryl methyl sites for hydroxylation is 1. The zero-order valence-corrected chi connectivity index (χ0v) is 23.6. The summed E-state index contributed by atoms with van der Waals surface area (Å²) in [6.45, 7) is 7.77. The van der Waals surface area contributed by atoms with E-state index in [1.807, 2.05) is 42.2 Å². The van der Waals surface area contributed by atoms with E-state index in [1.165, 1.54) is 0 Å². The molecule has 0 aliphatic carbocycles.